The number of aliphatic imine (C=N–C) groups is 1. The molecule has 1 heterocycles. The number of amides is 1. The number of nitrogens with two attached hydrogens (primary N) is 1. The van der Waals surface area contributed by atoms with Gasteiger partial charge >= 0.3 is 0 Å². The Morgan fingerprint density at radius 1 is 1.50 bits per heavy atom. The predicted octanol–water partition coefficient (Wildman–Crippen LogP) is 1.92. The molecule has 0 radical (unpaired) electrons. The molecule has 3 aliphatic rings. The summed E-state index contributed by atoms with van der Waals surface area (Å²) >= 11 is 0. The maximum absolute atomic E-state index is 12.1. The first-order valence-corrected chi connectivity index (χ1v) is 7.53. The number of carbonyl (C=O) groups is 1. The summed E-state index contributed by atoms with van der Waals surface area (Å²) in [5, 5.41) is 3.44. The van der Waals surface area contributed by atoms with Gasteiger partial charge in [0.2, 0.25) is 5.91 Å². The first-order valence-electron chi connectivity index (χ1n) is 7.53. The van der Waals surface area contributed by atoms with Crippen molar-refractivity contribution < 1.29 is 4.79 Å². The molecule has 20 heavy (non-hydrogen) atoms. The van der Waals surface area contributed by atoms with Gasteiger partial charge in [0.05, 0.1) is 5.54 Å². The summed E-state index contributed by atoms with van der Waals surface area (Å²) < 4.78 is 0. The fourth-order valence-corrected chi connectivity index (χ4v) is 3.91. The highest BCUT2D eigenvalue weighted by molar-refractivity contribution is 5.95. The van der Waals surface area contributed by atoms with Crippen LogP contribution in [0.1, 0.15) is 39.5 Å². The Labute approximate surface area is 120 Å². The summed E-state index contributed by atoms with van der Waals surface area (Å²) in [6.07, 6.45) is 9.85. The van der Waals surface area contributed by atoms with Crippen LogP contribution in [0.3, 0.4) is 0 Å². The van der Waals surface area contributed by atoms with Crippen LogP contribution >= 0.6 is 0 Å². The fraction of sp³-hybridized carbons (Fsp3) is 0.625. The molecule has 1 aliphatic heterocycles. The third kappa shape index (κ3) is 2.12. The van der Waals surface area contributed by atoms with Gasteiger partial charge < -0.3 is 11.1 Å². The minimum absolute atomic E-state index is 0.214. The van der Waals surface area contributed by atoms with Gasteiger partial charge in [0.25, 0.3) is 0 Å². The lowest BCUT2D eigenvalue weighted by Crippen LogP contribution is -2.61. The molecule has 0 saturated heterocycles. The van der Waals surface area contributed by atoms with E-state index in [1.54, 1.807) is 0 Å². The van der Waals surface area contributed by atoms with Gasteiger partial charge in [-0.15, -0.1) is 0 Å². The van der Waals surface area contributed by atoms with Crippen LogP contribution in [0.4, 0.5) is 0 Å². The Morgan fingerprint density at radius 3 is 3.00 bits per heavy atom. The van der Waals surface area contributed by atoms with Crippen molar-refractivity contribution in [3.05, 3.63) is 23.9 Å². The van der Waals surface area contributed by atoms with Crippen LogP contribution in [0, 0.1) is 11.8 Å². The summed E-state index contributed by atoms with van der Waals surface area (Å²) in [4.78, 5) is 16.8. The van der Waals surface area contributed by atoms with Crippen molar-refractivity contribution in [3.63, 3.8) is 0 Å². The molecular weight excluding hydrogens is 250 g/mol. The molecule has 3 rings (SSSR count). The zero-order chi connectivity index (χ0) is 14.3. The van der Waals surface area contributed by atoms with Gasteiger partial charge in [-0.25, -0.2) is 0 Å². The number of primary amides is 1. The number of rotatable bonds is 3. The number of nitrogens with one attached hydrogen (secondary N) is 1. The third-order valence-corrected chi connectivity index (χ3v) is 4.77. The van der Waals surface area contributed by atoms with Crippen LogP contribution in [0.5, 0.6) is 0 Å². The van der Waals surface area contributed by atoms with Crippen LogP contribution in [0.15, 0.2) is 28.9 Å². The second kappa shape index (κ2) is 4.85. The van der Waals surface area contributed by atoms with Gasteiger partial charge in [-0.05, 0) is 45.6 Å². The number of carbonyl (C=O) groups excluding carboxylic acids is 1. The normalized spacial score (nSPS) is 35.4. The quantitative estimate of drug-likeness (QED) is 0.825. The molecule has 4 heteroatoms. The average molecular weight is 273 g/mol. The van der Waals surface area contributed by atoms with Gasteiger partial charge in [0.1, 0.15) is 0 Å². The highest BCUT2D eigenvalue weighted by Crippen LogP contribution is 2.45. The van der Waals surface area contributed by atoms with Gasteiger partial charge in [0, 0.05) is 29.3 Å². The Balaban J connectivity index is 1.87. The highest BCUT2D eigenvalue weighted by Gasteiger charge is 2.48. The SMILES string of the molecule is CC(C)NC1(C(N)=O)CCC2=NC3=CC=CCC3C2C1. The van der Waals surface area contributed by atoms with Crippen molar-refractivity contribution in [3.8, 4) is 0 Å². The molecule has 0 bridgehead atoms. The second-order valence-corrected chi connectivity index (χ2v) is 6.52. The van der Waals surface area contributed by atoms with Crippen LogP contribution < -0.4 is 11.1 Å². The van der Waals surface area contributed by atoms with Crippen molar-refractivity contribution >= 4 is 11.6 Å². The van der Waals surface area contributed by atoms with E-state index in [1.165, 1.54) is 11.4 Å². The van der Waals surface area contributed by atoms with E-state index in [0.29, 0.717) is 11.8 Å². The number of fused-ring (bicyclic) bond motifs is 3. The van der Waals surface area contributed by atoms with E-state index in [-0.39, 0.29) is 11.9 Å². The lowest BCUT2D eigenvalue weighted by atomic mass is 9.69. The van der Waals surface area contributed by atoms with E-state index < -0.39 is 5.54 Å². The minimum Gasteiger partial charge on any atom is -0.368 e. The highest BCUT2D eigenvalue weighted by atomic mass is 16.1. The second-order valence-electron chi connectivity index (χ2n) is 6.52. The van der Waals surface area contributed by atoms with Crippen LogP contribution in [-0.2, 0) is 4.79 Å². The van der Waals surface area contributed by atoms with Crippen molar-refractivity contribution in [1.29, 1.82) is 0 Å². The minimum atomic E-state index is -0.561. The molecular formula is C16H23N3O. The van der Waals surface area contributed by atoms with Crippen molar-refractivity contribution in [2.24, 2.45) is 22.6 Å². The molecule has 0 spiro atoms. The average Bonchev–Trinajstić information content (AvgIpc) is 2.76. The largest absolute Gasteiger partial charge is 0.368 e. The van der Waals surface area contributed by atoms with Crippen molar-refractivity contribution in [2.45, 2.75) is 51.1 Å². The van der Waals surface area contributed by atoms with Gasteiger partial charge in [0.15, 0.2) is 0 Å². The zero-order valence-electron chi connectivity index (χ0n) is 12.2. The maximum Gasteiger partial charge on any atom is 0.237 e. The summed E-state index contributed by atoms with van der Waals surface area (Å²) in [5.41, 5.74) is 7.63. The summed E-state index contributed by atoms with van der Waals surface area (Å²) in [5.74, 6) is 0.607. The molecule has 1 saturated carbocycles. The predicted molar refractivity (Wildman–Crippen MR) is 80.3 cm³/mol. The molecule has 0 aromatic carbocycles. The van der Waals surface area contributed by atoms with Crippen LogP contribution in [0.2, 0.25) is 0 Å². The Kier molecular flexibility index (Phi) is 3.28. The standard InChI is InChI=1S/C16H23N3O/c1-10(2)19-16(15(17)20)8-7-14-12(9-16)11-5-3-4-6-13(11)18-14/h3-4,6,10-12,19H,5,7-9H2,1-2H3,(H2,17,20). The lowest BCUT2D eigenvalue weighted by molar-refractivity contribution is -0.126. The Hall–Kier alpha value is -1.42. The van der Waals surface area contributed by atoms with E-state index >= 15 is 0 Å². The Bertz CT molecular complexity index is 518. The summed E-state index contributed by atoms with van der Waals surface area (Å²) in [7, 11) is 0. The topological polar surface area (TPSA) is 67.5 Å². The van der Waals surface area contributed by atoms with Crippen LogP contribution in [-0.4, -0.2) is 23.2 Å². The smallest absolute Gasteiger partial charge is 0.237 e. The van der Waals surface area contributed by atoms with Gasteiger partial charge in [-0.1, -0.05) is 12.2 Å². The molecule has 2 aliphatic carbocycles. The van der Waals surface area contributed by atoms with Crippen molar-refractivity contribution in [2.75, 3.05) is 0 Å². The first kappa shape index (κ1) is 13.6. The number of hydrogen-bond donors (Lipinski definition) is 2. The number of allylic oxidation sites excluding steroid dienone is 4. The molecule has 0 aromatic heterocycles. The molecule has 4 nitrogen and oxygen atoms in total. The first-order chi connectivity index (χ1) is 9.52. The third-order valence-electron chi connectivity index (χ3n) is 4.77. The van der Waals surface area contributed by atoms with Gasteiger partial charge in [-0.2, -0.15) is 0 Å². The van der Waals surface area contributed by atoms with E-state index in [9.17, 15) is 4.79 Å². The fourth-order valence-electron chi connectivity index (χ4n) is 3.91. The molecule has 3 atom stereocenters. The molecule has 108 valence electrons. The molecule has 3 N–H and O–H groups in total. The summed E-state index contributed by atoms with van der Waals surface area (Å²) in [6.45, 7) is 4.13. The lowest BCUT2D eigenvalue weighted by Gasteiger charge is -2.41. The molecule has 1 fully saturated rings. The molecule has 3 unspecified atom stereocenters. The van der Waals surface area contributed by atoms with Crippen molar-refractivity contribution in [1.82, 2.24) is 5.32 Å². The Morgan fingerprint density at radius 2 is 2.30 bits per heavy atom. The number of hydrogen-bond acceptors (Lipinski definition) is 3. The number of nitrogens with zero attached hydrogens (tertiary/aromatic N) is 1. The van der Waals surface area contributed by atoms with Gasteiger partial charge in [-0.3, -0.25) is 9.79 Å². The monoisotopic (exact) mass is 273 g/mol. The van der Waals surface area contributed by atoms with E-state index in [0.717, 1.165) is 25.7 Å². The summed E-state index contributed by atoms with van der Waals surface area (Å²) in [6, 6.07) is 0.253. The van der Waals surface area contributed by atoms with E-state index in [2.05, 4.69) is 37.4 Å². The van der Waals surface area contributed by atoms with Crippen LogP contribution in [0.25, 0.3) is 0 Å². The maximum atomic E-state index is 12.1. The van der Waals surface area contributed by atoms with E-state index in [1.807, 2.05) is 0 Å². The zero-order valence-corrected chi connectivity index (χ0v) is 12.2. The molecule has 0 aromatic rings. The molecule has 1 amide bonds. The van der Waals surface area contributed by atoms with E-state index in [4.69, 9.17) is 10.7 Å².